The number of ketones is 1. The molecule has 1 amide bonds. The maximum Gasteiger partial charge on any atom is 0.240 e. The summed E-state index contributed by atoms with van der Waals surface area (Å²) >= 11 is 0. The Balaban J connectivity index is 1.69. The molecule has 148 valence electrons. The van der Waals surface area contributed by atoms with Crippen molar-refractivity contribution in [3.05, 3.63) is 0 Å². The van der Waals surface area contributed by atoms with Crippen LogP contribution in [0.2, 0.25) is 0 Å². The maximum atomic E-state index is 12.8. The number of sulfonamides is 1. The van der Waals surface area contributed by atoms with Crippen LogP contribution < -0.4 is 4.72 Å². The lowest BCUT2D eigenvalue weighted by Crippen LogP contribution is -2.51. The van der Waals surface area contributed by atoms with Gasteiger partial charge in [0.25, 0.3) is 0 Å². The number of hydrogen-bond donors (Lipinski definition) is 1. The van der Waals surface area contributed by atoms with E-state index in [2.05, 4.69) is 4.72 Å². The number of likely N-dealkylation sites (N-methyl/N-ethyl adjacent to an activating group) is 1. The molecular weight excluding hydrogens is 352 g/mol. The third kappa shape index (κ3) is 3.11. The minimum Gasteiger partial charge on any atom is -0.341 e. The molecule has 2 bridgehead atoms. The van der Waals surface area contributed by atoms with Gasteiger partial charge in [-0.15, -0.1) is 0 Å². The van der Waals surface area contributed by atoms with Gasteiger partial charge in [-0.05, 0) is 43.9 Å². The van der Waals surface area contributed by atoms with Gasteiger partial charge in [0.1, 0.15) is 5.78 Å². The van der Waals surface area contributed by atoms with Crippen molar-refractivity contribution < 1.29 is 18.0 Å². The predicted molar refractivity (Wildman–Crippen MR) is 100.0 cm³/mol. The van der Waals surface area contributed by atoms with E-state index >= 15 is 0 Å². The van der Waals surface area contributed by atoms with E-state index in [9.17, 15) is 18.0 Å². The molecule has 3 atom stereocenters. The maximum absolute atomic E-state index is 12.8. The number of hydrogen-bond acceptors (Lipinski definition) is 4. The van der Waals surface area contributed by atoms with Crippen molar-refractivity contribution in [2.75, 3.05) is 12.8 Å². The second-order valence-corrected chi connectivity index (χ2v) is 10.9. The van der Waals surface area contributed by atoms with Crippen LogP contribution >= 0.6 is 0 Å². The summed E-state index contributed by atoms with van der Waals surface area (Å²) in [5.74, 6) is -0.0455. The van der Waals surface area contributed by atoms with Crippen LogP contribution in [0, 0.1) is 16.7 Å². The molecule has 0 aromatic heterocycles. The molecule has 26 heavy (non-hydrogen) atoms. The van der Waals surface area contributed by atoms with Gasteiger partial charge in [-0.3, -0.25) is 9.59 Å². The summed E-state index contributed by atoms with van der Waals surface area (Å²) in [5, 5.41) is 0. The average Bonchev–Trinajstić information content (AvgIpc) is 3.19. The van der Waals surface area contributed by atoms with Crippen LogP contribution in [0.15, 0.2) is 0 Å². The standard InChI is InChI=1S/C19H32N2O4S/c1-13(17(23)21(4)15-7-5-6-8-15)20-26(24,25)12-19-10-9-14(11-16(19)22)18(19,2)3/h13-15,20H,5-12H2,1-4H3/t13-,14?,19?/m0/s1. The number of carbonyl (C=O) groups excluding carboxylic acids is 2. The van der Waals surface area contributed by atoms with Gasteiger partial charge in [-0.25, -0.2) is 13.1 Å². The summed E-state index contributed by atoms with van der Waals surface area (Å²) in [5.41, 5.74) is -1.10. The molecule has 0 radical (unpaired) electrons. The van der Waals surface area contributed by atoms with Gasteiger partial charge in [0, 0.05) is 24.9 Å². The fourth-order valence-electron chi connectivity index (χ4n) is 5.57. The molecule has 0 aromatic carbocycles. The molecule has 3 saturated carbocycles. The summed E-state index contributed by atoms with van der Waals surface area (Å²) in [7, 11) is -1.98. The second-order valence-electron chi connectivity index (χ2n) is 9.15. The molecule has 2 unspecified atom stereocenters. The van der Waals surface area contributed by atoms with E-state index < -0.39 is 21.5 Å². The fourth-order valence-corrected chi connectivity index (χ4v) is 7.62. The Kier molecular flexibility index (Phi) is 5.02. The van der Waals surface area contributed by atoms with Crippen molar-refractivity contribution in [1.29, 1.82) is 0 Å². The molecule has 6 nitrogen and oxygen atoms in total. The summed E-state index contributed by atoms with van der Waals surface area (Å²) in [6.45, 7) is 5.64. The van der Waals surface area contributed by atoms with Crippen molar-refractivity contribution in [3.63, 3.8) is 0 Å². The highest BCUT2D eigenvalue weighted by Gasteiger charge is 2.65. The van der Waals surface area contributed by atoms with E-state index in [4.69, 9.17) is 0 Å². The highest BCUT2D eigenvalue weighted by Crippen LogP contribution is 2.64. The lowest BCUT2D eigenvalue weighted by molar-refractivity contribution is -0.133. The van der Waals surface area contributed by atoms with Gasteiger partial charge < -0.3 is 4.90 Å². The molecule has 7 heteroatoms. The van der Waals surface area contributed by atoms with Crippen LogP contribution in [-0.2, 0) is 19.6 Å². The van der Waals surface area contributed by atoms with Crippen LogP contribution in [0.25, 0.3) is 0 Å². The molecule has 3 rings (SSSR count). The SMILES string of the molecule is C[C@H](NS(=O)(=O)CC12CCC(CC1=O)C2(C)C)C(=O)N(C)C1CCCC1. The first-order valence-electron chi connectivity index (χ1n) is 9.80. The Morgan fingerprint density at radius 3 is 2.38 bits per heavy atom. The van der Waals surface area contributed by atoms with Crippen LogP contribution in [-0.4, -0.2) is 49.9 Å². The predicted octanol–water partition coefficient (Wildman–Crippen LogP) is 2.09. The van der Waals surface area contributed by atoms with Crippen molar-refractivity contribution in [1.82, 2.24) is 9.62 Å². The van der Waals surface area contributed by atoms with Crippen LogP contribution in [0.3, 0.4) is 0 Å². The average molecular weight is 385 g/mol. The van der Waals surface area contributed by atoms with E-state index in [0.29, 0.717) is 12.8 Å². The summed E-state index contributed by atoms with van der Waals surface area (Å²) in [6, 6.07) is -0.599. The Morgan fingerprint density at radius 1 is 1.27 bits per heavy atom. The Labute approximate surface area is 157 Å². The van der Waals surface area contributed by atoms with Gasteiger partial charge in [-0.1, -0.05) is 26.7 Å². The number of nitrogens with one attached hydrogen (secondary N) is 1. The largest absolute Gasteiger partial charge is 0.341 e. The van der Waals surface area contributed by atoms with Gasteiger partial charge in [0.15, 0.2) is 0 Å². The lowest BCUT2D eigenvalue weighted by Gasteiger charge is -2.36. The minimum atomic E-state index is -3.73. The van der Waals surface area contributed by atoms with E-state index in [1.165, 1.54) is 0 Å². The third-order valence-electron chi connectivity index (χ3n) is 7.52. The molecule has 0 aliphatic heterocycles. The number of amides is 1. The summed E-state index contributed by atoms with van der Waals surface area (Å²) < 4.78 is 28.2. The fraction of sp³-hybridized carbons (Fsp3) is 0.895. The molecule has 3 fully saturated rings. The first kappa shape index (κ1) is 19.8. The molecule has 3 aliphatic carbocycles. The molecule has 0 aromatic rings. The number of Topliss-reactive ketones (excluding diaryl/α,β-unsaturated/α-hetero) is 1. The second kappa shape index (κ2) is 6.59. The topological polar surface area (TPSA) is 83.5 Å². The minimum absolute atomic E-state index is 0.0752. The number of rotatable bonds is 6. The molecule has 1 N–H and O–H groups in total. The van der Waals surface area contributed by atoms with Crippen molar-refractivity contribution in [2.24, 2.45) is 16.7 Å². The van der Waals surface area contributed by atoms with Crippen LogP contribution in [0.1, 0.15) is 65.7 Å². The van der Waals surface area contributed by atoms with E-state index in [0.717, 1.165) is 32.1 Å². The zero-order valence-corrected chi connectivity index (χ0v) is 17.2. The number of nitrogens with zero attached hydrogens (tertiary/aromatic N) is 1. The van der Waals surface area contributed by atoms with Crippen molar-refractivity contribution in [3.8, 4) is 0 Å². The first-order chi connectivity index (χ1) is 12.0. The summed E-state index contributed by atoms with van der Waals surface area (Å²) in [4.78, 5) is 26.9. The molecule has 3 aliphatic rings. The smallest absolute Gasteiger partial charge is 0.240 e. The zero-order chi connectivity index (χ0) is 19.3. The number of carbonyl (C=O) groups is 2. The Bertz CT molecular complexity index is 696. The van der Waals surface area contributed by atoms with Gasteiger partial charge in [0.05, 0.1) is 11.8 Å². The van der Waals surface area contributed by atoms with Crippen molar-refractivity contribution >= 4 is 21.7 Å². The van der Waals surface area contributed by atoms with Gasteiger partial charge in [-0.2, -0.15) is 0 Å². The normalized spacial score (nSPS) is 32.2. The molecule has 0 saturated heterocycles. The Hall–Kier alpha value is -0.950. The zero-order valence-electron chi connectivity index (χ0n) is 16.4. The van der Waals surface area contributed by atoms with Crippen molar-refractivity contribution in [2.45, 2.75) is 77.8 Å². The van der Waals surface area contributed by atoms with E-state index in [-0.39, 0.29) is 34.8 Å². The Morgan fingerprint density at radius 2 is 1.88 bits per heavy atom. The molecular formula is C19H32N2O4S. The highest BCUT2D eigenvalue weighted by atomic mass is 32.2. The summed E-state index contributed by atoms with van der Waals surface area (Å²) in [6.07, 6.45) is 6.22. The number of fused-ring (bicyclic) bond motifs is 2. The van der Waals surface area contributed by atoms with E-state index in [1.807, 2.05) is 13.8 Å². The third-order valence-corrected chi connectivity index (χ3v) is 9.11. The van der Waals surface area contributed by atoms with Gasteiger partial charge >= 0.3 is 0 Å². The highest BCUT2D eigenvalue weighted by molar-refractivity contribution is 7.89. The van der Waals surface area contributed by atoms with E-state index in [1.54, 1.807) is 18.9 Å². The quantitative estimate of drug-likeness (QED) is 0.760. The first-order valence-corrected chi connectivity index (χ1v) is 11.5. The lowest BCUT2D eigenvalue weighted by atomic mass is 9.70. The van der Waals surface area contributed by atoms with Crippen LogP contribution in [0.5, 0.6) is 0 Å². The molecule has 0 heterocycles. The van der Waals surface area contributed by atoms with Gasteiger partial charge in [0.2, 0.25) is 15.9 Å². The monoisotopic (exact) mass is 384 g/mol. The molecule has 0 spiro atoms. The van der Waals surface area contributed by atoms with Crippen LogP contribution in [0.4, 0.5) is 0 Å².